The molecule has 0 unspecified atom stereocenters. The first-order chi connectivity index (χ1) is 19.9. The second kappa shape index (κ2) is 15.1. The molecule has 1 fully saturated rings. The van der Waals surface area contributed by atoms with Gasteiger partial charge in [-0.2, -0.15) is 0 Å². The number of rotatable bonds is 13. The number of aliphatic hydroxyl groups is 1. The van der Waals surface area contributed by atoms with Crippen LogP contribution < -0.4 is 0 Å². The van der Waals surface area contributed by atoms with Crippen molar-refractivity contribution in [2.24, 2.45) is 5.92 Å². The minimum atomic E-state index is -0.641. The van der Waals surface area contributed by atoms with Gasteiger partial charge in [-0.05, 0) is 90.3 Å². The molecule has 0 radical (unpaired) electrons. The van der Waals surface area contributed by atoms with Gasteiger partial charge in [0.2, 0.25) is 0 Å². The number of carbonyl (C=O) groups excluding carboxylic acids is 1. The predicted octanol–water partition coefficient (Wildman–Crippen LogP) is 9.18. The molecule has 0 bridgehead atoms. The lowest BCUT2D eigenvalue weighted by atomic mass is 9.77. The summed E-state index contributed by atoms with van der Waals surface area (Å²) in [6.07, 6.45) is 10.9. The number of esters is 1. The lowest BCUT2D eigenvalue weighted by Gasteiger charge is -2.29. The Bertz CT molecular complexity index is 1310. The van der Waals surface area contributed by atoms with Crippen LogP contribution in [0.1, 0.15) is 81.8 Å². The molecule has 0 atom stereocenters. The zero-order valence-corrected chi connectivity index (χ0v) is 24.1. The minimum Gasteiger partial charge on any atom is -0.462 e. The molecule has 218 valence electrons. The van der Waals surface area contributed by atoms with Crippen LogP contribution >= 0.6 is 0 Å². The van der Waals surface area contributed by atoms with Crippen LogP contribution in [-0.2, 0) is 16.0 Å². The van der Waals surface area contributed by atoms with Crippen LogP contribution in [0.25, 0.3) is 22.3 Å². The van der Waals surface area contributed by atoms with Crippen molar-refractivity contribution in [1.29, 1.82) is 0 Å². The van der Waals surface area contributed by atoms with Gasteiger partial charge in [0, 0.05) is 5.56 Å². The van der Waals surface area contributed by atoms with E-state index in [1.54, 1.807) is 12.1 Å². The molecule has 0 saturated heterocycles. The van der Waals surface area contributed by atoms with Crippen LogP contribution in [0, 0.1) is 17.6 Å². The molecule has 5 heteroatoms. The Labute approximate surface area is 243 Å². The van der Waals surface area contributed by atoms with Crippen molar-refractivity contribution < 1.29 is 23.4 Å². The average Bonchev–Trinajstić information content (AvgIpc) is 3.00. The van der Waals surface area contributed by atoms with E-state index in [9.17, 15) is 9.18 Å². The number of hydrogen-bond acceptors (Lipinski definition) is 3. The maximum Gasteiger partial charge on any atom is 0.335 e. The Morgan fingerprint density at radius 2 is 1.59 bits per heavy atom. The first kappa shape index (κ1) is 30.6. The summed E-state index contributed by atoms with van der Waals surface area (Å²) in [5.41, 5.74) is 4.62. The van der Waals surface area contributed by atoms with Crippen molar-refractivity contribution in [3.8, 4) is 22.3 Å². The van der Waals surface area contributed by atoms with E-state index >= 15 is 4.39 Å². The molecule has 1 aliphatic carbocycles. The summed E-state index contributed by atoms with van der Waals surface area (Å²) in [4.78, 5) is 11.5. The van der Waals surface area contributed by atoms with E-state index in [2.05, 4.69) is 19.6 Å². The summed E-state index contributed by atoms with van der Waals surface area (Å²) < 4.78 is 35.0. The number of ether oxygens (including phenoxy) is 1. The Morgan fingerprint density at radius 3 is 2.24 bits per heavy atom. The largest absolute Gasteiger partial charge is 0.462 e. The van der Waals surface area contributed by atoms with Gasteiger partial charge in [0.1, 0.15) is 11.6 Å². The quantitative estimate of drug-likeness (QED) is 0.129. The molecule has 1 saturated carbocycles. The fourth-order valence-electron chi connectivity index (χ4n) is 5.85. The summed E-state index contributed by atoms with van der Waals surface area (Å²) in [5, 5.41) is 8.90. The van der Waals surface area contributed by atoms with Crippen molar-refractivity contribution in [2.45, 2.75) is 77.0 Å². The summed E-state index contributed by atoms with van der Waals surface area (Å²) in [7, 11) is 0. The van der Waals surface area contributed by atoms with Crippen molar-refractivity contribution in [1.82, 2.24) is 0 Å². The molecule has 0 heterocycles. The molecule has 0 spiro atoms. The van der Waals surface area contributed by atoms with E-state index in [0.717, 1.165) is 41.0 Å². The van der Waals surface area contributed by atoms with Gasteiger partial charge in [-0.25, -0.2) is 13.6 Å². The number of carbonyl (C=O) groups is 1. The topological polar surface area (TPSA) is 46.5 Å². The van der Waals surface area contributed by atoms with Crippen LogP contribution in [0.5, 0.6) is 0 Å². The van der Waals surface area contributed by atoms with Gasteiger partial charge < -0.3 is 9.84 Å². The van der Waals surface area contributed by atoms with Gasteiger partial charge in [0.15, 0.2) is 0 Å². The molecule has 3 aromatic rings. The highest BCUT2D eigenvalue weighted by molar-refractivity contribution is 5.87. The Balaban J connectivity index is 1.33. The lowest BCUT2D eigenvalue weighted by molar-refractivity contribution is -0.139. The maximum absolute atomic E-state index is 15.2. The van der Waals surface area contributed by atoms with Crippen molar-refractivity contribution >= 4 is 5.97 Å². The summed E-state index contributed by atoms with van der Waals surface area (Å²) in [6, 6.07) is 18.4. The number of unbranched alkanes of at least 4 members (excludes halogenated alkanes) is 2. The second-order valence-corrected chi connectivity index (χ2v) is 11.3. The number of hydrogen-bond donors (Lipinski definition) is 1. The van der Waals surface area contributed by atoms with Gasteiger partial charge in [-0.1, -0.05) is 87.7 Å². The molecule has 1 aliphatic rings. The molecule has 4 rings (SSSR count). The van der Waals surface area contributed by atoms with E-state index in [4.69, 9.17) is 9.84 Å². The zero-order valence-electron chi connectivity index (χ0n) is 24.1. The van der Waals surface area contributed by atoms with Gasteiger partial charge in [0.25, 0.3) is 0 Å². The molecule has 3 aromatic carbocycles. The van der Waals surface area contributed by atoms with Gasteiger partial charge in [-0.15, -0.1) is 0 Å². The smallest absolute Gasteiger partial charge is 0.335 e. The monoisotopic (exact) mass is 560 g/mol. The second-order valence-electron chi connectivity index (χ2n) is 11.3. The Hall–Kier alpha value is -3.31. The standard InChI is InChI=1S/C36H42F2O3/c1-3-4-5-7-26-9-11-27(12-10-26)32-19-20-33(35(38)23-32)29-15-13-28(14-16-29)31-18-17-30(34(37)22-31)8-6-21-41-36(40)25(2)24-39/h13-20,22-23,26-27,39H,2-12,21,24H2,1H3. The van der Waals surface area contributed by atoms with Crippen LogP contribution in [-0.4, -0.2) is 24.3 Å². The van der Waals surface area contributed by atoms with E-state index in [1.807, 2.05) is 36.4 Å². The van der Waals surface area contributed by atoms with E-state index in [1.165, 1.54) is 44.6 Å². The highest BCUT2D eigenvalue weighted by Gasteiger charge is 2.23. The van der Waals surface area contributed by atoms with Crippen molar-refractivity contribution in [3.63, 3.8) is 0 Å². The Kier molecular flexibility index (Phi) is 11.3. The van der Waals surface area contributed by atoms with Crippen LogP contribution in [0.4, 0.5) is 8.78 Å². The normalized spacial score (nSPS) is 16.9. The van der Waals surface area contributed by atoms with E-state index in [-0.39, 0.29) is 23.8 Å². The highest BCUT2D eigenvalue weighted by Crippen LogP contribution is 2.39. The van der Waals surface area contributed by atoms with Gasteiger partial charge in [-0.3, -0.25) is 0 Å². The predicted molar refractivity (Wildman–Crippen MR) is 162 cm³/mol. The summed E-state index contributed by atoms with van der Waals surface area (Å²) in [6.45, 7) is 5.34. The van der Waals surface area contributed by atoms with Crippen LogP contribution in [0.15, 0.2) is 72.8 Å². The lowest BCUT2D eigenvalue weighted by Crippen LogP contribution is -2.13. The van der Waals surface area contributed by atoms with Crippen molar-refractivity contribution in [3.05, 3.63) is 95.6 Å². The molecular weight excluding hydrogens is 518 g/mol. The fourth-order valence-corrected chi connectivity index (χ4v) is 5.85. The Morgan fingerprint density at radius 1 is 0.878 bits per heavy atom. The van der Waals surface area contributed by atoms with Crippen LogP contribution in [0.2, 0.25) is 0 Å². The average molecular weight is 561 g/mol. The summed E-state index contributed by atoms with van der Waals surface area (Å²) >= 11 is 0. The fraction of sp³-hybridized carbons (Fsp3) is 0.417. The number of halogens is 2. The van der Waals surface area contributed by atoms with E-state index < -0.39 is 12.6 Å². The number of benzene rings is 3. The first-order valence-electron chi connectivity index (χ1n) is 15.0. The molecule has 41 heavy (non-hydrogen) atoms. The highest BCUT2D eigenvalue weighted by atomic mass is 19.1. The van der Waals surface area contributed by atoms with Gasteiger partial charge >= 0.3 is 5.97 Å². The first-order valence-corrected chi connectivity index (χ1v) is 15.0. The molecule has 0 amide bonds. The molecule has 0 aromatic heterocycles. The SMILES string of the molecule is C=C(CO)C(=O)OCCCc1ccc(-c2ccc(-c3ccc(C4CCC(CCCCC)CC4)cc3F)cc2)cc1F. The number of aliphatic hydroxyl groups excluding tert-OH is 1. The number of aryl methyl sites for hydroxylation is 1. The third kappa shape index (κ3) is 8.36. The zero-order chi connectivity index (χ0) is 29.2. The van der Waals surface area contributed by atoms with Gasteiger partial charge in [0.05, 0.1) is 18.8 Å². The molecular formula is C36H42F2O3. The third-order valence-electron chi connectivity index (χ3n) is 8.41. The third-order valence-corrected chi connectivity index (χ3v) is 8.41. The summed E-state index contributed by atoms with van der Waals surface area (Å²) in [5.74, 6) is 0.123. The van der Waals surface area contributed by atoms with Crippen LogP contribution in [0.3, 0.4) is 0 Å². The molecule has 1 N–H and O–H groups in total. The molecule has 3 nitrogen and oxygen atoms in total. The molecule has 0 aliphatic heterocycles. The minimum absolute atomic E-state index is 0.00293. The maximum atomic E-state index is 15.2. The van der Waals surface area contributed by atoms with E-state index in [0.29, 0.717) is 29.9 Å². The van der Waals surface area contributed by atoms with Crippen molar-refractivity contribution in [2.75, 3.05) is 13.2 Å².